The molecule has 2 aromatic heterocycles. The van der Waals surface area contributed by atoms with Gasteiger partial charge in [0.2, 0.25) is 5.43 Å². The lowest BCUT2D eigenvalue weighted by Crippen LogP contribution is -2.46. The van der Waals surface area contributed by atoms with Crippen molar-refractivity contribution >= 4 is 23.0 Å². The zero-order valence-electron chi connectivity index (χ0n) is 17.4. The van der Waals surface area contributed by atoms with Crippen molar-refractivity contribution in [1.29, 1.82) is 0 Å². The number of aromatic nitrogens is 2. The van der Waals surface area contributed by atoms with E-state index in [2.05, 4.69) is 9.72 Å². The van der Waals surface area contributed by atoms with Crippen LogP contribution in [0.2, 0.25) is 0 Å². The first-order chi connectivity index (χ1) is 16.2. The van der Waals surface area contributed by atoms with Crippen LogP contribution >= 0.6 is 0 Å². The lowest BCUT2D eigenvalue weighted by Gasteiger charge is -2.26. The van der Waals surface area contributed by atoms with Gasteiger partial charge < -0.3 is 20.5 Å². The third kappa shape index (κ3) is 3.50. The summed E-state index contributed by atoms with van der Waals surface area (Å²) in [5.74, 6) is -3.61. The number of benzene rings is 1. The summed E-state index contributed by atoms with van der Waals surface area (Å²) in [5, 5.41) is 8.63. The number of rotatable bonds is 3. The molecule has 0 radical (unpaired) electrons. The molecule has 0 saturated carbocycles. The molecule has 2 atom stereocenters. The van der Waals surface area contributed by atoms with E-state index in [0.29, 0.717) is 12.6 Å². The summed E-state index contributed by atoms with van der Waals surface area (Å²) in [6, 6.07) is 3.57. The number of carboxylic acid groups (broad SMARTS) is 1. The highest BCUT2D eigenvalue weighted by Crippen LogP contribution is 2.35. The van der Waals surface area contributed by atoms with Crippen molar-refractivity contribution in [3.05, 3.63) is 82.4 Å². The van der Waals surface area contributed by atoms with Crippen molar-refractivity contribution in [2.75, 3.05) is 18.0 Å². The molecule has 2 unspecified atom stereocenters. The Balaban J connectivity index is 1.73. The molecular formula is C23H17F3N4O4. The van der Waals surface area contributed by atoms with Gasteiger partial charge in [-0.05, 0) is 18.2 Å². The number of nitrogens with zero attached hydrogens (tertiary/aromatic N) is 3. The highest BCUT2D eigenvalue weighted by atomic mass is 19.1. The summed E-state index contributed by atoms with van der Waals surface area (Å²) in [7, 11) is 0. The van der Waals surface area contributed by atoms with E-state index in [-0.39, 0.29) is 35.0 Å². The van der Waals surface area contributed by atoms with Gasteiger partial charge in [-0.15, -0.1) is 0 Å². The number of ether oxygens (including phenoxy) is 1. The van der Waals surface area contributed by atoms with Gasteiger partial charge in [-0.2, -0.15) is 0 Å². The number of halogens is 3. The van der Waals surface area contributed by atoms with Crippen molar-refractivity contribution in [1.82, 2.24) is 9.55 Å². The van der Waals surface area contributed by atoms with Crippen molar-refractivity contribution in [3.8, 4) is 11.4 Å². The molecule has 8 nitrogen and oxygen atoms in total. The van der Waals surface area contributed by atoms with Gasteiger partial charge in [0.1, 0.15) is 11.6 Å². The SMILES string of the molecule is NC12C=CC=CC1CN(c1nc3c(cc1F)c(=O)c(OC(=O)O)cn3-c1ccc(F)cc1F)C2. The number of pyridine rings is 2. The standard InChI is InChI=1S/C23H17F3N4O4/c24-13-4-5-17(15(25)7-13)30-10-18(34-22(32)33)19(31)14-8-16(26)21(28-20(14)30)29-9-12-3-1-2-6-23(12,27)11-29/h1-8,10,12H,9,11,27H2,(H,32,33). The fourth-order valence-electron chi connectivity index (χ4n) is 4.37. The summed E-state index contributed by atoms with van der Waals surface area (Å²) in [6.07, 6.45) is 6.53. The van der Waals surface area contributed by atoms with Crippen LogP contribution in [-0.4, -0.2) is 39.4 Å². The second-order valence-corrected chi connectivity index (χ2v) is 8.16. The lowest BCUT2D eigenvalue weighted by atomic mass is 9.85. The van der Waals surface area contributed by atoms with Crippen molar-refractivity contribution in [3.63, 3.8) is 0 Å². The highest BCUT2D eigenvalue weighted by Gasteiger charge is 2.42. The molecule has 0 spiro atoms. The lowest BCUT2D eigenvalue weighted by molar-refractivity contribution is 0.144. The van der Waals surface area contributed by atoms with Gasteiger partial charge in [0.05, 0.1) is 22.8 Å². The van der Waals surface area contributed by atoms with Gasteiger partial charge in [0, 0.05) is 25.1 Å². The van der Waals surface area contributed by atoms with Crippen LogP contribution in [0.25, 0.3) is 16.7 Å². The fourth-order valence-corrected chi connectivity index (χ4v) is 4.37. The molecule has 3 N–H and O–H groups in total. The predicted octanol–water partition coefficient (Wildman–Crippen LogP) is 3.12. The molecule has 1 saturated heterocycles. The number of hydrogen-bond donors (Lipinski definition) is 2. The number of nitrogens with two attached hydrogens (primary N) is 1. The summed E-state index contributed by atoms with van der Waals surface area (Å²) >= 11 is 0. The molecule has 0 bridgehead atoms. The van der Waals surface area contributed by atoms with E-state index < -0.39 is 40.3 Å². The van der Waals surface area contributed by atoms with Crippen molar-refractivity contribution in [2.45, 2.75) is 5.54 Å². The van der Waals surface area contributed by atoms with Crippen LogP contribution in [0, 0.1) is 23.4 Å². The average Bonchev–Trinajstić information content (AvgIpc) is 3.12. The second kappa shape index (κ2) is 7.73. The van der Waals surface area contributed by atoms with E-state index in [1.807, 2.05) is 24.3 Å². The first kappa shape index (κ1) is 21.7. The van der Waals surface area contributed by atoms with Crippen LogP contribution in [0.15, 0.2) is 59.6 Å². The number of allylic oxidation sites excluding steroid dienone is 2. The van der Waals surface area contributed by atoms with Crippen LogP contribution in [0.5, 0.6) is 5.75 Å². The summed E-state index contributed by atoms with van der Waals surface area (Å²) in [6.45, 7) is 0.589. The molecule has 1 fully saturated rings. The number of carbonyl (C=O) groups is 1. The normalized spacial score (nSPS) is 21.2. The monoisotopic (exact) mass is 470 g/mol. The van der Waals surface area contributed by atoms with Gasteiger partial charge >= 0.3 is 6.16 Å². The van der Waals surface area contributed by atoms with Crippen LogP contribution in [0.4, 0.5) is 23.8 Å². The predicted molar refractivity (Wildman–Crippen MR) is 117 cm³/mol. The smallest absolute Gasteiger partial charge is 0.449 e. The van der Waals surface area contributed by atoms with Crippen LogP contribution in [0.1, 0.15) is 0 Å². The summed E-state index contributed by atoms with van der Waals surface area (Å²) in [5.41, 5.74) is 4.35. The van der Waals surface area contributed by atoms with E-state index in [0.717, 1.165) is 29.0 Å². The summed E-state index contributed by atoms with van der Waals surface area (Å²) < 4.78 is 48.9. The molecule has 3 heterocycles. The Hall–Kier alpha value is -4.12. The van der Waals surface area contributed by atoms with Crippen molar-refractivity contribution < 1.29 is 27.8 Å². The Morgan fingerprint density at radius 2 is 2.00 bits per heavy atom. The molecule has 34 heavy (non-hydrogen) atoms. The molecule has 2 aliphatic rings. The van der Waals surface area contributed by atoms with Crippen LogP contribution in [0.3, 0.4) is 0 Å². The Morgan fingerprint density at radius 3 is 2.71 bits per heavy atom. The molecule has 174 valence electrons. The molecule has 11 heteroatoms. The number of hydrogen-bond acceptors (Lipinski definition) is 6. The quantitative estimate of drug-likeness (QED) is 0.566. The highest BCUT2D eigenvalue weighted by molar-refractivity contribution is 5.81. The first-order valence-electron chi connectivity index (χ1n) is 10.2. The number of anilines is 1. The largest absolute Gasteiger partial charge is 0.511 e. The molecule has 1 aliphatic heterocycles. The van der Waals surface area contributed by atoms with E-state index >= 15 is 4.39 Å². The third-order valence-corrected chi connectivity index (χ3v) is 5.98. The molecular weight excluding hydrogens is 453 g/mol. The molecule has 3 aromatic rings. The first-order valence-corrected chi connectivity index (χ1v) is 10.2. The van der Waals surface area contributed by atoms with Gasteiger partial charge in [-0.1, -0.05) is 24.3 Å². The van der Waals surface area contributed by atoms with Gasteiger partial charge in [-0.25, -0.2) is 22.9 Å². The Morgan fingerprint density at radius 1 is 1.21 bits per heavy atom. The second-order valence-electron chi connectivity index (χ2n) is 8.16. The van der Waals surface area contributed by atoms with E-state index in [1.54, 1.807) is 4.90 Å². The molecule has 1 aromatic carbocycles. The minimum Gasteiger partial charge on any atom is -0.449 e. The molecule has 0 amide bonds. The van der Waals surface area contributed by atoms with E-state index in [4.69, 9.17) is 10.8 Å². The maximum atomic E-state index is 15.2. The van der Waals surface area contributed by atoms with Crippen LogP contribution in [-0.2, 0) is 0 Å². The topological polar surface area (TPSA) is 111 Å². The van der Waals surface area contributed by atoms with E-state index in [1.165, 1.54) is 0 Å². The van der Waals surface area contributed by atoms with Crippen molar-refractivity contribution in [2.24, 2.45) is 11.7 Å². The fraction of sp³-hybridized carbons (Fsp3) is 0.174. The van der Waals surface area contributed by atoms with Gasteiger partial charge in [0.25, 0.3) is 0 Å². The Kier molecular flexibility index (Phi) is 4.94. The molecule has 5 rings (SSSR count). The third-order valence-electron chi connectivity index (χ3n) is 5.98. The van der Waals surface area contributed by atoms with Gasteiger partial charge in [0.15, 0.2) is 23.0 Å². The number of fused-ring (bicyclic) bond motifs is 2. The maximum absolute atomic E-state index is 15.2. The van der Waals surface area contributed by atoms with Gasteiger partial charge in [-0.3, -0.25) is 9.36 Å². The summed E-state index contributed by atoms with van der Waals surface area (Å²) in [4.78, 5) is 29.8. The maximum Gasteiger partial charge on any atom is 0.511 e. The zero-order chi connectivity index (χ0) is 24.2. The Labute approximate surface area is 190 Å². The van der Waals surface area contributed by atoms with Crippen LogP contribution < -0.4 is 20.8 Å². The zero-order valence-corrected chi connectivity index (χ0v) is 17.4. The minimum absolute atomic E-state index is 0.0996. The Bertz CT molecular complexity index is 1470. The average molecular weight is 470 g/mol. The minimum atomic E-state index is -1.79. The molecule has 1 aliphatic carbocycles. The van der Waals surface area contributed by atoms with E-state index in [9.17, 15) is 18.4 Å².